The summed E-state index contributed by atoms with van der Waals surface area (Å²) in [5, 5.41) is 9.19. The highest BCUT2D eigenvalue weighted by Gasteiger charge is 2.22. The van der Waals surface area contributed by atoms with Gasteiger partial charge in [0, 0.05) is 12.5 Å². The van der Waals surface area contributed by atoms with Crippen LogP contribution in [0.1, 0.15) is 58.3 Å². The van der Waals surface area contributed by atoms with Crippen LogP contribution in [-0.4, -0.2) is 37.5 Å². The Labute approximate surface area is 146 Å². The van der Waals surface area contributed by atoms with E-state index in [9.17, 15) is 9.59 Å². The number of amides is 2. The molecule has 0 aromatic rings. The fourth-order valence-electron chi connectivity index (χ4n) is 3.60. The van der Waals surface area contributed by atoms with E-state index >= 15 is 0 Å². The van der Waals surface area contributed by atoms with Crippen molar-refractivity contribution < 1.29 is 9.59 Å². The Morgan fingerprint density at radius 1 is 1.09 bits per heavy atom. The lowest BCUT2D eigenvalue weighted by Gasteiger charge is -2.28. The van der Waals surface area contributed by atoms with Crippen LogP contribution in [0.5, 0.6) is 0 Å². The molecule has 6 heteroatoms. The maximum absolute atomic E-state index is 12.0. The molecule has 2 rings (SSSR count). The summed E-state index contributed by atoms with van der Waals surface area (Å²) < 4.78 is 0. The minimum absolute atomic E-state index is 0. The highest BCUT2D eigenvalue weighted by Crippen LogP contribution is 2.22. The molecule has 2 aliphatic rings. The molecule has 1 saturated carbocycles. The molecular formula is C17H32ClN3O2. The topological polar surface area (TPSA) is 70.2 Å². The lowest BCUT2D eigenvalue weighted by molar-refractivity contribution is -0.127. The summed E-state index contributed by atoms with van der Waals surface area (Å²) in [6.07, 6.45) is 8.73. The molecule has 1 aliphatic heterocycles. The van der Waals surface area contributed by atoms with Crippen LogP contribution in [0.4, 0.5) is 0 Å². The van der Waals surface area contributed by atoms with Gasteiger partial charge in [-0.3, -0.25) is 9.59 Å². The molecule has 2 amide bonds. The van der Waals surface area contributed by atoms with Gasteiger partial charge < -0.3 is 16.0 Å². The van der Waals surface area contributed by atoms with Crippen LogP contribution < -0.4 is 16.0 Å². The van der Waals surface area contributed by atoms with Crippen molar-refractivity contribution in [2.24, 2.45) is 11.8 Å². The molecule has 23 heavy (non-hydrogen) atoms. The first kappa shape index (κ1) is 20.2. The van der Waals surface area contributed by atoms with Crippen LogP contribution in [-0.2, 0) is 9.59 Å². The van der Waals surface area contributed by atoms with Crippen LogP contribution in [0.25, 0.3) is 0 Å². The van der Waals surface area contributed by atoms with E-state index in [1.807, 2.05) is 0 Å². The lowest BCUT2D eigenvalue weighted by atomic mass is 9.85. The average molecular weight is 346 g/mol. The molecule has 1 heterocycles. The SMILES string of the molecule is CC(CC(=O)NCC(=O)NC1CCCCC1)C1CCCNC1.Cl. The third-order valence-corrected chi connectivity index (χ3v) is 5.06. The monoisotopic (exact) mass is 345 g/mol. The number of rotatable bonds is 6. The molecule has 2 fully saturated rings. The number of halogens is 1. The van der Waals surface area contributed by atoms with Crippen molar-refractivity contribution in [1.29, 1.82) is 0 Å². The summed E-state index contributed by atoms with van der Waals surface area (Å²) >= 11 is 0. The van der Waals surface area contributed by atoms with Gasteiger partial charge >= 0.3 is 0 Å². The first-order valence-corrected chi connectivity index (χ1v) is 8.92. The Morgan fingerprint density at radius 2 is 1.83 bits per heavy atom. The summed E-state index contributed by atoms with van der Waals surface area (Å²) in [4.78, 5) is 23.8. The Hall–Kier alpha value is -0.810. The van der Waals surface area contributed by atoms with Gasteiger partial charge in [-0.1, -0.05) is 26.2 Å². The van der Waals surface area contributed by atoms with Gasteiger partial charge in [-0.05, 0) is 50.6 Å². The summed E-state index contributed by atoms with van der Waals surface area (Å²) in [5.74, 6) is 0.897. The standard InChI is InChI=1S/C17H31N3O2.ClH/c1-13(14-6-5-9-18-11-14)10-16(21)19-12-17(22)20-15-7-3-2-4-8-15;/h13-15,18H,2-12H2,1H3,(H,19,21)(H,20,22);1H. The molecule has 1 aliphatic carbocycles. The molecule has 0 aromatic carbocycles. The van der Waals surface area contributed by atoms with Crippen LogP contribution in [0.15, 0.2) is 0 Å². The van der Waals surface area contributed by atoms with E-state index < -0.39 is 0 Å². The highest BCUT2D eigenvalue weighted by atomic mass is 35.5. The largest absolute Gasteiger partial charge is 0.352 e. The summed E-state index contributed by atoms with van der Waals surface area (Å²) in [5.41, 5.74) is 0. The van der Waals surface area contributed by atoms with Gasteiger partial charge in [-0.15, -0.1) is 12.4 Å². The van der Waals surface area contributed by atoms with Gasteiger partial charge in [0.05, 0.1) is 6.54 Å². The number of carbonyl (C=O) groups is 2. The second kappa shape index (κ2) is 10.9. The molecule has 2 unspecified atom stereocenters. The predicted octanol–water partition coefficient (Wildman–Crippen LogP) is 2.00. The smallest absolute Gasteiger partial charge is 0.239 e. The van der Waals surface area contributed by atoms with E-state index in [0.29, 0.717) is 24.3 Å². The van der Waals surface area contributed by atoms with Crippen molar-refractivity contribution >= 4 is 24.2 Å². The zero-order valence-electron chi connectivity index (χ0n) is 14.2. The second-order valence-electron chi connectivity index (χ2n) is 6.97. The van der Waals surface area contributed by atoms with Gasteiger partial charge in [0.15, 0.2) is 0 Å². The average Bonchev–Trinajstić information content (AvgIpc) is 2.55. The van der Waals surface area contributed by atoms with Crippen molar-refractivity contribution in [2.75, 3.05) is 19.6 Å². The Morgan fingerprint density at radius 3 is 2.48 bits per heavy atom. The van der Waals surface area contributed by atoms with Crippen molar-refractivity contribution in [3.8, 4) is 0 Å². The van der Waals surface area contributed by atoms with Gasteiger partial charge in [-0.25, -0.2) is 0 Å². The lowest BCUT2D eigenvalue weighted by Crippen LogP contribution is -2.43. The second-order valence-corrected chi connectivity index (χ2v) is 6.97. The molecule has 5 nitrogen and oxygen atoms in total. The third kappa shape index (κ3) is 7.53. The molecule has 0 spiro atoms. The molecule has 0 radical (unpaired) electrons. The van der Waals surface area contributed by atoms with E-state index in [1.165, 1.54) is 32.1 Å². The molecule has 1 saturated heterocycles. The van der Waals surface area contributed by atoms with Crippen molar-refractivity contribution in [3.63, 3.8) is 0 Å². The maximum Gasteiger partial charge on any atom is 0.239 e. The highest BCUT2D eigenvalue weighted by molar-refractivity contribution is 5.85. The van der Waals surface area contributed by atoms with E-state index in [1.54, 1.807) is 0 Å². The number of piperidine rings is 1. The number of carbonyl (C=O) groups excluding carboxylic acids is 2. The predicted molar refractivity (Wildman–Crippen MR) is 94.6 cm³/mol. The zero-order valence-corrected chi connectivity index (χ0v) is 15.1. The number of hydrogen-bond acceptors (Lipinski definition) is 3. The fourth-order valence-corrected chi connectivity index (χ4v) is 3.60. The van der Waals surface area contributed by atoms with Gasteiger partial charge in [-0.2, -0.15) is 0 Å². The number of hydrogen-bond donors (Lipinski definition) is 3. The first-order valence-electron chi connectivity index (χ1n) is 8.92. The summed E-state index contributed by atoms with van der Waals surface area (Å²) in [6.45, 7) is 4.36. The van der Waals surface area contributed by atoms with E-state index in [0.717, 1.165) is 25.9 Å². The fraction of sp³-hybridized carbons (Fsp3) is 0.882. The Balaban J connectivity index is 0.00000264. The minimum Gasteiger partial charge on any atom is -0.352 e. The molecule has 0 aromatic heterocycles. The first-order chi connectivity index (χ1) is 10.6. The maximum atomic E-state index is 12.0. The summed E-state index contributed by atoms with van der Waals surface area (Å²) in [6, 6.07) is 0.311. The molecule has 3 N–H and O–H groups in total. The van der Waals surface area contributed by atoms with Crippen molar-refractivity contribution in [1.82, 2.24) is 16.0 Å². The Kier molecular flexibility index (Phi) is 9.56. The molecule has 134 valence electrons. The van der Waals surface area contributed by atoms with Gasteiger partial charge in [0.2, 0.25) is 11.8 Å². The van der Waals surface area contributed by atoms with Crippen LogP contribution in [0.3, 0.4) is 0 Å². The summed E-state index contributed by atoms with van der Waals surface area (Å²) in [7, 11) is 0. The third-order valence-electron chi connectivity index (χ3n) is 5.06. The zero-order chi connectivity index (χ0) is 15.8. The van der Waals surface area contributed by atoms with Gasteiger partial charge in [0.25, 0.3) is 0 Å². The van der Waals surface area contributed by atoms with Crippen LogP contribution in [0.2, 0.25) is 0 Å². The molecular weight excluding hydrogens is 314 g/mol. The molecule has 2 atom stereocenters. The van der Waals surface area contributed by atoms with Crippen LogP contribution >= 0.6 is 12.4 Å². The molecule has 0 bridgehead atoms. The minimum atomic E-state index is -0.0489. The normalized spacial score (nSPS) is 23.4. The quantitative estimate of drug-likeness (QED) is 0.689. The van der Waals surface area contributed by atoms with Crippen molar-refractivity contribution in [3.05, 3.63) is 0 Å². The van der Waals surface area contributed by atoms with E-state index in [4.69, 9.17) is 0 Å². The van der Waals surface area contributed by atoms with Crippen LogP contribution in [0, 0.1) is 11.8 Å². The van der Waals surface area contributed by atoms with E-state index in [-0.39, 0.29) is 30.8 Å². The van der Waals surface area contributed by atoms with Crippen molar-refractivity contribution in [2.45, 2.75) is 64.3 Å². The van der Waals surface area contributed by atoms with E-state index in [2.05, 4.69) is 22.9 Å². The van der Waals surface area contributed by atoms with Gasteiger partial charge in [0.1, 0.15) is 0 Å². The number of nitrogens with one attached hydrogen (secondary N) is 3. The Bertz CT molecular complexity index is 367.